The van der Waals surface area contributed by atoms with Gasteiger partial charge in [-0.3, -0.25) is 0 Å². The Balaban J connectivity index is 2.71. The van der Waals surface area contributed by atoms with E-state index in [1.54, 1.807) is 6.07 Å². The third-order valence-corrected chi connectivity index (χ3v) is 3.50. The fourth-order valence-electron chi connectivity index (χ4n) is 2.21. The summed E-state index contributed by atoms with van der Waals surface area (Å²) in [5.41, 5.74) is 4.94. The Hall–Kier alpha value is -2.36. The molecule has 0 saturated heterocycles. The van der Waals surface area contributed by atoms with Gasteiger partial charge in [-0.05, 0) is 43.5 Å². The fourth-order valence-corrected chi connectivity index (χ4v) is 2.21. The van der Waals surface area contributed by atoms with Gasteiger partial charge in [0.25, 0.3) is 0 Å². The number of carboxylic acid groups (broad SMARTS) is 1. The highest BCUT2D eigenvalue weighted by Crippen LogP contribution is 2.31. The zero-order valence-corrected chi connectivity index (χ0v) is 12.0. The number of rotatable bonds is 3. The van der Waals surface area contributed by atoms with Crippen molar-refractivity contribution >= 4 is 5.97 Å². The first-order valence-corrected chi connectivity index (χ1v) is 6.31. The largest absolute Gasteiger partial charge is 0.480 e. The Morgan fingerprint density at radius 1 is 1.20 bits per heavy atom. The van der Waals surface area contributed by atoms with Gasteiger partial charge in [-0.25, -0.2) is 9.78 Å². The van der Waals surface area contributed by atoms with Crippen molar-refractivity contribution in [2.24, 2.45) is 0 Å². The minimum atomic E-state index is -1.04. The number of ether oxygens (including phenoxy) is 1. The summed E-state index contributed by atoms with van der Waals surface area (Å²) in [5, 5.41) is 9.26. The van der Waals surface area contributed by atoms with E-state index in [4.69, 9.17) is 4.74 Å². The molecule has 0 radical (unpaired) electrons. The van der Waals surface area contributed by atoms with Crippen LogP contribution in [0, 0.1) is 20.8 Å². The van der Waals surface area contributed by atoms with Crippen LogP contribution in [-0.2, 0) is 0 Å². The van der Waals surface area contributed by atoms with E-state index in [0.717, 1.165) is 27.9 Å². The standard InChI is InChI=1S/C16H17NO3/c1-9-6-5-7-12(10(9)2)13-8-14(16(18)19)15(20-4)17-11(13)3/h5-8H,1-4H3,(H,18,19). The maximum atomic E-state index is 11.3. The van der Waals surface area contributed by atoms with Crippen LogP contribution in [0.2, 0.25) is 0 Å². The van der Waals surface area contributed by atoms with Crippen LogP contribution in [0.4, 0.5) is 0 Å². The van der Waals surface area contributed by atoms with Gasteiger partial charge >= 0.3 is 5.97 Å². The zero-order chi connectivity index (χ0) is 14.9. The summed E-state index contributed by atoms with van der Waals surface area (Å²) in [6, 6.07) is 7.60. The molecule has 0 spiro atoms. The highest BCUT2D eigenvalue weighted by atomic mass is 16.5. The van der Waals surface area contributed by atoms with Crippen molar-refractivity contribution in [1.29, 1.82) is 0 Å². The number of benzene rings is 1. The zero-order valence-electron chi connectivity index (χ0n) is 12.0. The molecule has 0 aliphatic heterocycles. The second-order valence-electron chi connectivity index (χ2n) is 4.73. The Morgan fingerprint density at radius 3 is 2.50 bits per heavy atom. The molecule has 0 amide bonds. The van der Waals surface area contributed by atoms with E-state index in [-0.39, 0.29) is 11.4 Å². The molecule has 104 valence electrons. The maximum absolute atomic E-state index is 11.3. The molecule has 0 saturated carbocycles. The average molecular weight is 271 g/mol. The molecule has 1 N–H and O–H groups in total. The number of hydrogen-bond acceptors (Lipinski definition) is 3. The summed E-state index contributed by atoms with van der Waals surface area (Å²) >= 11 is 0. The summed E-state index contributed by atoms with van der Waals surface area (Å²) in [4.78, 5) is 15.6. The molecule has 2 aromatic rings. The van der Waals surface area contributed by atoms with Crippen LogP contribution in [0.3, 0.4) is 0 Å². The normalized spacial score (nSPS) is 10.4. The van der Waals surface area contributed by atoms with E-state index in [1.807, 2.05) is 39.0 Å². The summed E-state index contributed by atoms with van der Waals surface area (Å²) < 4.78 is 5.04. The van der Waals surface area contributed by atoms with Gasteiger partial charge in [-0.2, -0.15) is 0 Å². The molecule has 0 fully saturated rings. The van der Waals surface area contributed by atoms with Crippen LogP contribution >= 0.6 is 0 Å². The number of hydrogen-bond donors (Lipinski definition) is 1. The van der Waals surface area contributed by atoms with Gasteiger partial charge in [0.15, 0.2) is 0 Å². The molecule has 0 aliphatic carbocycles. The van der Waals surface area contributed by atoms with Crippen molar-refractivity contribution < 1.29 is 14.6 Å². The van der Waals surface area contributed by atoms with Crippen molar-refractivity contribution in [3.8, 4) is 17.0 Å². The van der Waals surface area contributed by atoms with E-state index < -0.39 is 5.97 Å². The quantitative estimate of drug-likeness (QED) is 0.929. The second-order valence-corrected chi connectivity index (χ2v) is 4.73. The van der Waals surface area contributed by atoms with Gasteiger partial charge in [0.1, 0.15) is 5.56 Å². The van der Waals surface area contributed by atoms with E-state index in [2.05, 4.69) is 4.98 Å². The smallest absolute Gasteiger partial charge is 0.341 e. The Labute approximate surface area is 118 Å². The van der Waals surface area contributed by atoms with E-state index in [0.29, 0.717) is 0 Å². The predicted octanol–water partition coefficient (Wildman–Crippen LogP) is 3.38. The molecular formula is C16H17NO3. The molecule has 1 heterocycles. The van der Waals surface area contributed by atoms with Crippen LogP contribution < -0.4 is 4.74 Å². The number of aromatic carboxylic acids is 1. The Bertz CT molecular complexity index is 678. The topological polar surface area (TPSA) is 59.4 Å². The highest BCUT2D eigenvalue weighted by Gasteiger charge is 2.17. The predicted molar refractivity (Wildman–Crippen MR) is 77.4 cm³/mol. The van der Waals surface area contributed by atoms with E-state index in [9.17, 15) is 9.90 Å². The lowest BCUT2D eigenvalue weighted by Crippen LogP contribution is -2.05. The van der Waals surface area contributed by atoms with Crippen molar-refractivity contribution in [2.75, 3.05) is 7.11 Å². The molecule has 4 heteroatoms. The van der Waals surface area contributed by atoms with Crippen LogP contribution in [0.15, 0.2) is 24.3 Å². The highest BCUT2D eigenvalue weighted by molar-refractivity contribution is 5.92. The van der Waals surface area contributed by atoms with Crippen molar-refractivity contribution in [1.82, 2.24) is 4.98 Å². The van der Waals surface area contributed by atoms with Gasteiger partial charge in [0, 0.05) is 11.3 Å². The summed E-state index contributed by atoms with van der Waals surface area (Å²) in [7, 11) is 1.42. The Morgan fingerprint density at radius 2 is 1.90 bits per heavy atom. The molecule has 0 bridgehead atoms. The van der Waals surface area contributed by atoms with Gasteiger partial charge in [0.2, 0.25) is 5.88 Å². The number of aromatic nitrogens is 1. The van der Waals surface area contributed by atoms with Crippen molar-refractivity contribution in [2.45, 2.75) is 20.8 Å². The minimum Gasteiger partial charge on any atom is -0.480 e. The van der Waals surface area contributed by atoms with Gasteiger partial charge < -0.3 is 9.84 Å². The molecule has 1 aromatic carbocycles. The maximum Gasteiger partial charge on any atom is 0.341 e. The molecule has 4 nitrogen and oxygen atoms in total. The average Bonchev–Trinajstić information content (AvgIpc) is 2.41. The molecule has 2 rings (SSSR count). The Kier molecular flexibility index (Phi) is 3.74. The monoisotopic (exact) mass is 271 g/mol. The SMILES string of the molecule is COc1nc(C)c(-c2cccc(C)c2C)cc1C(=O)O. The lowest BCUT2D eigenvalue weighted by Gasteiger charge is -2.13. The molecule has 20 heavy (non-hydrogen) atoms. The summed E-state index contributed by atoms with van der Waals surface area (Å²) in [5.74, 6) is -0.898. The first-order valence-electron chi connectivity index (χ1n) is 6.31. The first kappa shape index (κ1) is 14.1. The number of carbonyl (C=O) groups is 1. The van der Waals surface area contributed by atoms with Gasteiger partial charge in [-0.1, -0.05) is 18.2 Å². The third kappa shape index (κ3) is 2.37. The van der Waals surface area contributed by atoms with Gasteiger partial charge in [0.05, 0.1) is 7.11 Å². The molecule has 0 aliphatic rings. The lowest BCUT2D eigenvalue weighted by molar-refractivity contribution is 0.0692. The lowest BCUT2D eigenvalue weighted by atomic mass is 9.95. The van der Waals surface area contributed by atoms with Crippen molar-refractivity contribution in [3.05, 3.63) is 46.6 Å². The fraction of sp³-hybridized carbons (Fsp3) is 0.250. The van der Waals surface area contributed by atoms with E-state index in [1.165, 1.54) is 7.11 Å². The van der Waals surface area contributed by atoms with Crippen LogP contribution in [0.1, 0.15) is 27.2 Å². The number of pyridine rings is 1. The third-order valence-electron chi connectivity index (χ3n) is 3.50. The summed E-state index contributed by atoms with van der Waals surface area (Å²) in [6.45, 7) is 5.91. The first-order chi connectivity index (χ1) is 9.45. The van der Waals surface area contributed by atoms with Gasteiger partial charge in [-0.15, -0.1) is 0 Å². The molecular weight excluding hydrogens is 254 g/mol. The minimum absolute atomic E-state index is 0.0778. The number of methoxy groups -OCH3 is 1. The number of nitrogens with zero attached hydrogens (tertiary/aromatic N) is 1. The van der Waals surface area contributed by atoms with Crippen LogP contribution in [-0.4, -0.2) is 23.2 Å². The number of carboxylic acids is 1. The molecule has 1 aromatic heterocycles. The molecule has 0 unspecified atom stereocenters. The summed E-state index contributed by atoms with van der Waals surface area (Å²) in [6.07, 6.45) is 0. The number of aryl methyl sites for hydroxylation is 2. The van der Waals surface area contributed by atoms with Crippen LogP contribution in [0.25, 0.3) is 11.1 Å². The second kappa shape index (κ2) is 5.33. The van der Waals surface area contributed by atoms with Crippen molar-refractivity contribution in [3.63, 3.8) is 0 Å². The van der Waals surface area contributed by atoms with E-state index >= 15 is 0 Å². The van der Waals surface area contributed by atoms with Crippen LogP contribution in [0.5, 0.6) is 5.88 Å². The molecule has 0 atom stereocenters.